The minimum atomic E-state index is 0.00163. The van der Waals surface area contributed by atoms with Crippen LogP contribution in [0.1, 0.15) is 37.6 Å². The van der Waals surface area contributed by atoms with Crippen LogP contribution in [0.15, 0.2) is 42.9 Å². The van der Waals surface area contributed by atoms with E-state index in [2.05, 4.69) is 35.2 Å². The molecule has 4 heteroatoms. The van der Waals surface area contributed by atoms with E-state index in [1.807, 2.05) is 18.2 Å². The summed E-state index contributed by atoms with van der Waals surface area (Å²) in [5.74, 6) is 0.908. The summed E-state index contributed by atoms with van der Waals surface area (Å²) < 4.78 is 5.85. The summed E-state index contributed by atoms with van der Waals surface area (Å²) in [5, 5.41) is 3.45. The molecule has 106 valence electrons. The van der Waals surface area contributed by atoms with Crippen molar-refractivity contribution in [2.45, 2.75) is 26.3 Å². The molecule has 0 aliphatic carbocycles. The van der Waals surface area contributed by atoms with Crippen LogP contribution in [0, 0.1) is 0 Å². The third-order valence-electron chi connectivity index (χ3n) is 2.98. The highest BCUT2D eigenvalue weighted by Crippen LogP contribution is 2.28. The third kappa shape index (κ3) is 3.54. The molecule has 1 unspecified atom stereocenters. The smallest absolute Gasteiger partial charge is 0.124 e. The highest BCUT2D eigenvalue weighted by Gasteiger charge is 2.18. The van der Waals surface area contributed by atoms with Gasteiger partial charge in [-0.3, -0.25) is 9.97 Å². The Labute approximate surface area is 120 Å². The van der Waals surface area contributed by atoms with Crippen LogP contribution in [-0.2, 0) is 0 Å². The van der Waals surface area contributed by atoms with E-state index >= 15 is 0 Å². The van der Waals surface area contributed by atoms with Crippen molar-refractivity contribution in [1.29, 1.82) is 0 Å². The summed E-state index contributed by atoms with van der Waals surface area (Å²) >= 11 is 0. The predicted molar refractivity (Wildman–Crippen MR) is 79.8 cm³/mol. The van der Waals surface area contributed by atoms with Crippen molar-refractivity contribution < 1.29 is 4.74 Å². The van der Waals surface area contributed by atoms with Crippen LogP contribution >= 0.6 is 0 Å². The number of aromatic nitrogens is 2. The molecule has 0 amide bonds. The van der Waals surface area contributed by atoms with Gasteiger partial charge in [0.25, 0.3) is 0 Å². The zero-order valence-electron chi connectivity index (χ0n) is 12.0. The van der Waals surface area contributed by atoms with Gasteiger partial charge in [0.2, 0.25) is 0 Å². The molecule has 1 aromatic carbocycles. The summed E-state index contributed by atoms with van der Waals surface area (Å²) in [5.41, 5.74) is 2.00. The normalized spacial score (nSPS) is 12.1. The second-order valence-electron chi connectivity index (χ2n) is 4.51. The van der Waals surface area contributed by atoms with E-state index in [0.29, 0.717) is 0 Å². The monoisotopic (exact) mass is 271 g/mol. The molecule has 20 heavy (non-hydrogen) atoms. The maximum Gasteiger partial charge on any atom is 0.124 e. The number of hydrogen-bond acceptors (Lipinski definition) is 4. The van der Waals surface area contributed by atoms with Crippen LogP contribution in [0.3, 0.4) is 0 Å². The van der Waals surface area contributed by atoms with E-state index in [-0.39, 0.29) is 6.04 Å². The van der Waals surface area contributed by atoms with Gasteiger partial charge < -0.3 is 10.1 Å². The summed E-state index contributed by atoms with van der Waals surface area (Å²) in [7, 11) is 0. The molecule has 0 radical (unpaired) electrons. The Morgan fingerprint density at radius 1 is 1.20 bits per heavy atom. The van der Waals surface area contributed by atoms with Crippen LogP contribution in [0.25, 0.3) is 0 Å². The van der Waals surface area contributed by atoms with Gasteiger partial charge in [0.15, 0.2) is 0 Å². The van der Waals surface area contributed by atoms with Crippen LogP contribution in [0.4, 0.5) is 0 Å². The Morgan fingerprint density at radius 2 is 2.05 bits per heavy atom. The summed E-state index contributed by atoms with van der Waals surface area (Å²) in [4.78, 5) is 8.58. The van der Waals surface area contributed by atoms with Gasteiger partial charge in [-0.15, -0.1) is 0 Å². The maximum absolute atomic E-state index is 5.85. The Balaban J connectivity index is 2.34. The van der Waals surface area contributed by atoms with E-state index < -0.39 is 0 Å². The van der Waals surface area contributed by atoms with Crippen molar-refractivity contribution in [1.82, 2.24) is 15.3 Å². The van der Waals surface area contributed by atoms with Gasteiger partial charge in [0.1, 0.15) is 5.75 Å². The minimum absolute atomic E-state index is 0.00163. The first kappa shape index (κ1) is 14.5. The quantitative estimate of drug-likeness (QED) is 0.841. The fraction of sp³-hybridized carbons (Fsp3) is 0.375. The van der Waals surface area contributed by atoms with Crippen molar-refractivity contribution in [3.63, 3.8) is 0 Å². The lowest BCUT2D eigenvalue weighted by molar-refractivity contribution is 0.311. The Bertz CT molecular complexity index is 516. The number of hydrogen-bond donors (Lipinski definition) is 1. The van der Waals surface area contributed by atoms with E-state index in [1.165, 1.54) is 0 Å². The van der Waals surface area contributed by atoms with Gasteiger partial charge in [-0.25, -0.2) is 0 Å². The van der Waals surface area contributed by atoms with Gasteiger partial charge in [-0.05, 0) is 19.0 Å². The zero-order valence-corrected chi connectivity index (χ0v) is 12.0. The lowest BCUT2D eigenvalue weighted by Gasteiger charge is -2.20. The molecule has 2 aromatic rings. The second-order valence-corrected chi connectivity index (χ2v) is 4.51. The van der Waals surface area contributed by atoms with Gasteiger partial charge in [0, 0.05) is 18.0 Å². The molecule has 0 aliphatic rings. The van der Waals surface area contributed by atoms with Crippen molar-refractivity contribution in [2.75, 3.05) is 13.2 Å². The molecule has 0 fully saturated rings. The number of para-hydroxylation sites is 1. The van der Waals surface area contributed by atoms with Crippen molar-refractivity contribution in [3.8, 4) is 5.75 Å². The highest BCUT2D eigenvalue weighted by molar-refractivity contribution is 5.39. The molecule has 0 saturated heterocycles. The van der Waals surface area contributed by atoms with Gasteiger partial charge >= 0.3 is 0 Å². The number of rotatable bonds is 7. The molecular formula is C16H21N3O. The van der Waals surface area contributed by atoms with Crippen LogP contribution in [0.2, 0.25) is 0 Å². The van der Waals surface area contributed by atoms with E-state index in [1.54, 1.807) is 18.6 Å². The molecule has 0 spiro atoms. The van der Waals surface area contributed by atoms with Crippen molar-refractivity contribution in [3.05, 3.63) is 54.1 Å². The molecule has 0 bridgehead atoms. The minimum Gasteiger partial charge on any atom is -0.493 e. The van der Waals surface area contributed by atoms with Crippen LogP contribution in [0.5, 0.6) is 5.75 Å². The molecule has 1 atom stereocenters. The lowest BCUT2D eigenvalue weighted by Crippen LogP contribution is -2.23. The SMILES string of the molecule is CCCOc1ccccc1C(NCC)c1cnccn1. The molecule has 1 aromatic heterocycles. The van der Waals surface area contributed by atoms with Gasteiger partial charge in [-0.1, -0.05) is 32.0 Å². The molecule has 0 aliphatic heterocycles. The maximum atomic E-state index is 5.85. The number of ether oxygens (including phenoxy) is 1. The molecule has 2 rings (SSSR count). The van der Waals surface area contributed by atoms with Crippen LogP contribution in [-0.4, -0.2) is 23.1 Å². The van der Waals surface area contributed by atoms with Crippen molar-refractivity contribution >= 4 is 0 Å². The average Bonchev–Trinajstić information content (AvgIpc) is 2.52. The predicted octanol–water partition coefficient (Wildman–Crippen LogP) is 2.96. The molecule has 1 heterocycles. The number of benzene rings is 1. The Morgan fingerprint density at radius 3 is 2.75 bits per heavy atom. The molecular weight excluding hydrogens is 250 g/mol. The zero-order chi connectivity index (χ0) is 14.2. The van der Waals surface area contributed by atoms with Gasteiger partial charge in [-0.2, -0.15) is 0 Å². The van der Waals surface area contributed by atoms with Crippen LogP contribution < -0.4 is 10.1 Å². The first-order valence-corrected chi connectivity index (χ1v) is 7.07. The van der Waals surface area contributed by atoms with Gasteiger partial charge in [0.05, 0.1) is 24.5 Å². The van der Waals surface area contributed by atoms with E-state index in [0.717, 1.165) is 36.6 Å². The number of nitrogens with one attached hydrogen (secondary N) is 1. The Hall–Kier alpha value is -1.94. The summed E-state index contributed by atoms with van der Waals surface area (Å²) in [6.45, 7) is 5.76. The Kier molecular flexibility index (Phi) is 5.50. The standard InChI is InChI=1S/C16H21N3O/c1-3-11-20-15-8-6-5-7-13(15)16(18-4-2)14-12-17-9-10-19-14/h5-10,12,16,18H,3-4,11H2,1-2H3. The fourth-order valence-electron chi connectivity index (χ4n) is 2.10. The number of nitrogens with zero attached hydrogens (tertiary/aromatic N) is 2. The molecule has 4 nitrogen and oxygen atoms in total. The largest absolute Gasteiger partial charge is 0.493 e. The average molecular weight is 271 g/mol. The summed E-state index contributed by atoms with van der Waals surface area (Å²) in [6.07, 6.45) is 6.19. The van der Waals surface area contributed by atoms with E-state index in [4.69, 9.17) is 4.74 Å². The first-order valence-electron chi connectivity index (χ1n) is 7.07. The topological polar surface area (TPSA) is 47.0 Å². The lowest BCUT2D eigenvalue weighted by atomic mass is 10.0. The third-order valence-corrected chi connectivity index (χ3v) is 2.98. The second kappa shape index (κ2) is 7.60. The molecule has 1 N–H and O–H groups in total. The first-order chi connectivity index (χ1) is 9.86. The molecule has 0 saturated carbocycles. The van der Waals surface area contributed by atoms with Crippen molar-refractivity contribution in [2.24, 2.45) is 0 Å². The summed E-state index contributed by atoms with van der Waals surface area (Å²) in [6, 6.07) is 8.10. The van der Waals surface area contributed by atoms with E-state index in [9.17, 15) is 0 Å². The highest BCUT2D eigenvalue weighted by atomic mass is 16.5. The fourth-order valence-corrected chi connectivity index (χ4v) is 2.10.